The average molecular weight is 566 g/mol. The lowest BCUT2D eigenvalue weighted by atomic mass is 9.87. The highest BCUT2D eigenvalue weighted by Gasteiger charge is 2.30. The molecule has 41 heavy (non-hydrogen) atoms. The van der Waals surface area contributed by atoms with E-state index in [4.69, 9.17) is 18.9 Å². The zero-order valence-electron chi connectivity index (χ0n) is 24.4. The molecule has 0 atom stereocenters. The van der Waals surface area contributed by atoms with Crippen LogP contribution >= 0.6 is 0 Å². The van der Waals surface area contributed by atoms with E-state index in [-0.39, 0.29) is 23.4 Å². The van der Waals surface area contributed by atoms with Gasteiger partial charge in [0, 0.05) is 13.1 Å². The molecule has 0 spiro atoms. The predicted molar refractivity (Wildman–Crippen MR) is 155 cm³/mol. The predicted octanol–water partition coefficient (Wildman–Crippen LogP) is 5.86. The van der Waals surface area contributed by atoms with Gasteiger partial charge < -0.3 is 23.8 Å². The Bertz CT molecular complexity index is 1150. The fourth-order valence-electron chi connectivity index (χ4n) is 5.75. The minimum Gasteiger partial charge on any atom is -0.494 e. The molecule has 222 valence electrons. The SMILES string of the molecule is COC(=O)c1ccc(OCCCc2ccc(OCCC3CCCCC3)cc2)c(C(=O)N2CCC(C(=O)OC)CC2)c1. The summed E-state index contributed by atoms with van der Waals surface area (Å²) in [7, 11) is 2.69. The van der Waals surface area contributed by atoms with Crippen molar-refractivity contribution in [2.75, 3.05) is 40.5 Å². The van der Waals surface area contributed by atoms with Crippen molar-refractivity contribution in [1.29, 1.82) is 0 Å². The van der Waals surface area contributed by atoms with Crippen molar-refractivity contribution in [2.45, 2.75) is 64.2 Å². The second-order valence-corrected chi connectivity index (χ2v) is 11.0. The molecule has 1 heterocycles. The smallest absolute Gasteiger partial charge is 0.337 e. The summed E-state index contributed by atoms with van der Waals surface area (Å²) in [6.45, 7) is 2.06. The summed E-state index contributed by atoms with van der Waals surface area (Å²) >= 11 is 0. The van der Waals surface area contributed by atoms with Crippen molar-refractivity contribution in [3.05, 3.63) is 59.2 Å². The Morgan fingerprint density at radius 1 is 0.829 bits per heavy atom. The fraction of sp³-hybridized carbons (Fsp3) is 0.545. The van der Waals surface area contributed by atoms with Crippen molar-refractivity contribution in [3.8, 4) is 11.5 Å². The summed E-state index contributed by atoms with van der Waals surface area (Å²) in [6.07, 6.45) is 10.6. The van der Waals surface area contributed by atoms with Gasteiger partial charge in [-0.2, -0.15) is 0 Å². The molecule has 0 aromatic heterocycles. The molecule has 8 heteroatoms. The lowest BCUT2D eigenvalue weighted by Gasteiger charge is -2.31. The largest absolute Gasteiger partial charge is 0.494 e. The van der Waals surface area contributed by atoms with Gasteiger partial charge in [-0.1, -0.05) is 44.2 Å². The van der Waals surface area contributed by atoms with E-state index in [1.165, 1.54) is 58.0 Å². The summed E-state index contributed by atoms with van der Waals surface area (Å²) in [5, 5.41) is 0. The highest BCUT2D eigenvalue weighted by atomic mass is 16.5. The molecule has 0 radical (unpaired) electrons. The summed E-state index contributed by atoms with van der Waals surface area (Å²) in [4.78, 5) is 39.2. The third kappa shape index (κ3) is 8.72. The van der Waals surface area contributed by atoms with Crippen LogP contribution in [0.5, 0.6) is 11.5 Å². The number of nitrogens with zero attached hydrogens (tertiary/aromatic N) is 1. The van der Waals surface area contributed by atoms with Crippen LogP contribution in [0.4, 0.5) is 0 Å². The number of carbonyl (C=O) groups is 3. The van der Waals surface area contributed by atoms with Gasteiger partial charge in [0.1, 0.15) is 11.5 Å². The van der Waals surface area contributed by atoms with Gasteiger partial charge in [-0.15, -0.1) is 0 Å². The number of hydrogen-bond donors (Lipinski definition) is 0. The highest BCUT2D eigenvalue weighted by molar-refractivity contribution is 6.00. The Morgan fingerprint density at radius 2 is 1.56 bits per heavy atom. The Morgan fingerprint density at radius 3 is 2.24 bits per heavy atom. The van der Waals surface area contributed by atoms with E-state index in [0.717, 1.165) is 37.5 Å². The molecule has 1 aliphatic carbocycles. The first-order valence-electron chi connectivity index (χ1n) is 14.9. The van der Waals surface area contributed by atoms with Crippen LogP contribution < -0.4 is 9.47 Å². The third-order valence-corrected chi connectivity index (χ3v) is 8.26. The molecule has 4 rings (SSSR count). The summed E-state index contributed by atoms with van der Waals surface area (Å²) in [5.74, 6) is 0.956. The normalized spacial score (nSPS) is 16.2. The third-order valence-electron chi connectivity index (χ3n) is 8.26. The molecule has 2 aliphatic rings. The molecule has 1 saturated carbocycles. The molecule has 0 unspecified atom stereocenters. The van der Waals surface area contributed by atoms with E-state index in [1.807, 2.05) is 12.1 Å². The number of hydrogen-bond acceptors (Lipinski definition) is 7. The van der Waals surface area contributed by atoms with Crippen LogP contribution in [0, 0.1) is 11.8 Å². The van der Waals surface area contributed by atoms with E-state index in [9.17, 15) is 14.4 Å². The van der Waals surface area contributed by atoms with Crippen LogP contribution in [-0.4, -0.2) is 63.3 Å². The number of aryl methyl sites for hydroxylation is 1. The van der Waals surface area contributed by atoms with Crippen molar-refractivity contribution in [1.82, 2.24) is 4.90 Å². The number of carbonyl (C=O) groups excluding carboxylic acids is 3. The average Bonchev–Trinajstić information content (AvgIpc) is 3.03. The van der Waals surface area contributed by atoms with Crippen LogP contribution in [0.1, 0.15) is 84.1 Å². The molecule has 0 N–H and O–H groups in total. The zero-order chi connectivity index (χ0) is 29.0. The second-order valence-electron chi connectivity index (χ2n) is 11.0. The summed E-state index contributed by atoms with van der Waals surface area (Å²) < 4.78 is 21.7. The molecule has 1 amide bonds. The van der Waals surface area contributed by atoms with Crippen molar-refractivity contribution in [2.24, 2.45) is 11.8 Å². The van der Waals surface area contributed by atoms with Gasteiger partial charge in [-0.25, -0.2) is 4.79 Å². The van der Waals surface area contributed by atoms with Gasteiger partial charge in [0.05, 0.1) is 44.5 Å². The minimum atomic E-state index is -0.517. The number of rotatable bonds is 12. The molecule has 2 aromatic carbocycles. The van der Waals surface area contributed by atoms with Crippen LogP contribution in [0.25, 0.3) is 0 Å². The standard InChI is InChI=1S/C33H43NO7/c1-38-32(36)26-16-19-34(20-17-26)31(35)29-23-27(33(37)39-2)12-15-30(29)41-21-6-9-25-10-13-28(14-11-25)40-22-18-24-7-4-3-5-8-24/h10-15,23-24,26H,3-9,16-22H2,1-2H3. The maximum absolute atomic E-state index is 13.4. The van der Waals surface area contributed by atoms with Gasteiger partial charge >= 0.3 is 11.9 Å². The number of methoxy groups -OCH3 is 2. The molecule has 1 saturated heterocycles. The zero-order valence-corrected chi connectivity index (χ0v) is 24.4. The number of likely N-dealkylation sites (tertiary alicyclic amines) is 1. The van der Waals surface area contributed by atoms with Gasteiger partial charge in [0.15, 0.2) is 0 Å². The highest BCUT2D eigenvalue weighted by Crippen LogP contribution is 2.28. The number of piperidine rings is 1. The van der Waals surface area contributed by atoms with Crippen molar-refractivity contribution in [3.63, 3.8) is 0 Å². The van der Waals surface area contributed by atoms with E-state index in [0.29, 0.717) is 43.9 Å². The first kappa shape index (κ1) is 30.4. The van der Waals surface area contributed by atoms with E-state index < -0.39 is 5.97 Å². The number of ether oxygens (including phenoxy) is 4. The van der Waals surface area contributed by atoms with Crippen molar-refractivity contribution < 1.29 is 33.3 Å². The lowest BCUT2D eigenvalue weighted by molar-refractivity contribution is -0.146. The Balaban J connectivity index is 1.28. The molecular formula is C33H43NO7. The number of esters is 2. The van der Waals surface area contributed by atoms with Gasteiger partial charge in [-0.3, -0.25) is 9.59 Å². The van der Waals surface area contributed by atoms with Crippen LogP contribution in [0.3, 0.4) is 0 Å². The first-order chi connectivity index (χ1) is 20.0. The molecule has 1 aliphatic heterocycles. The summed E-state index contributed by atoms with van der Waals surface area (Å²) in [6, 6.07) is 13.0. The monoisotopic (exact) mass is 565 g/mol. The van der Waals surface area contributed by atoms with Crippen LogP contribution in [-0.2, 0) is 20.7 Å². The quantitative estimate of drug-likeness (QED) is 0.235. The Kier molecular flexibility index (Phi) is 11.5. The Labute approximate surface area is 243 Å². The molecule has 2 fully saturated rings. The molecule has 0 bridgehead atoms. The van der Waals surface area contributed by atoms with Gasteiger partial charge in [0.2, 0.25) is 0 Å². The van der Waals surface area contributed by atoms with Crippen LogP contribution in [0.15, 0.2) is 42.5 Å². The second kappa shape index (κ2) is 15.5. The summed E-state index contributed by atoms with van der Waals surface area (Å²) in [5.41, 5.74) is 1.80. The maximum Gasteiger partial charge on any atom is 0.337 e. The van der Waals surface area contributed by atoms with Crippen LogP contribution in [0.2, 0.25) is 0 Å². The maximum atomic E-state index is 13.4. The lowest BCUT2D eigenvalue weighted by Crippen LogP contribution is -2.40. The molecular weight excluding hydrogens is 522 g/mol. The number of amides is 1. The molecule has 8 nitrogen and oxygen atoms in total. The minimum absolute atomic E-state index is 0.205. The van der Waals surface area contributed by atoms with E-state index in [2.05, 4.69) is 12.1 Å². The van der Waals surface area contributed by atoms with E-state index >= 15 is 0 Å². The topological polar surface area (TPSA) is 91.4 Å². The number of benzene rings is 2. The van der Waals surface area contributed by atoms with Crippen molar-refractivity contribution >= 4 is 17.8 Å². The van der Waals surface area contributed by atoms with Gasteiger partial charge in [-0.05, 0) is 73.9 Å². The fourth-order valence-corrected chi connectivity index (χ4v) is 5.75. The first-order valence-corrected chi connectivity index (χ1v) is 14.9. The van der Waals surface area contributed by atoms with Gasteiger partial charge in [0.25, 0.3) is 5.91 Å². The molecule has 2 aromatic rings. The Hall–Kier alpha value is -3.55. The van der Waals surface area contributed by atoms with E-state index in [1.54, 1.807) is 17.0 Å².